The minimum atomic E-state index is -0.590. The summed E-state index contributed by atoms with van der Waals surface area (Å²) < 4.78 is 10.2. The molecular weight excluding hydrogens is 306 g/mol. The number of carbonyl (C=O) groups is 2. The molecule has 0 aliphatic carbocycles. The zero-order valence-corrected chi connectivity index (χ0v) is 14.1. The Labute approximate surface area is 141 Å². The average molecular weight is 327 g/mol. The number of rotatable bonds is 6. The summed E-state index contributed by atoms with van der Waals surface area (Å²) in [6.07, 6.45) is 0. The van der Waals surface area contributed by atoms with Crippen LogP contribution in [-0.4, -0.2) is 25.1 Å². The van der Waals surface area contributed by atoms with Crippen molar-refractivity contribution in [2.75, 3.05) is 18.5 Å². The topological polar surface area (TPSA) is 64.6 Å². The maximum absolute atomic E-state index is 11.9. The first-order chi connectivity index (χ1) is 11.5. The minimum absolute atomic E-state index is 0.236. The Morgan fingerprint density at radius 3 is 2.50 bits per heavy atom. The molecule has 0 saturated heterocycles. The molecular formula is C19H21NO4. The van der Waals surface area contributed by atoms with Crippen LogP contribution in [0.5, 0.6) is 5.75 Å². The molecule has 0 aliphatic rings. The van der Waals surface area contributed by atoms with Crippen LogP contribution in [0.4, 0.5) is 5.69 Å². The second kappa shape index (κ2) is 8.15. The summed E-state index contributed by atoms with van der Waals surface area (Å²) >= 11 is 0. The number of ether oxygens (including phenoxy) is 2. The third kappa shape index (κ3) is 5.12. The van der Waals surface area contributed by atoms with E-state index in [0.717, 1.165) is 16.7 Å². The van der Waals surface area contributed by atoms with E-state index in [1.165, 1.54) is 0 Å². The highest BCUT2D eigenvalue weighted by molar-refractivity contribution is 5.93. The van der Waals surface area contributed by atoms with Crippen LogP contribution in [-0.2, 0) is 14.3 Å². The lowest BCUT2D eigenvalue weighted by Crippen LogP contribution is -2.24. The van der Waals surface area contributed by atoms with Gasteiger partial charge >= 0.3 is 5.97 Å². The fourth-order valence-electron chi connectivity index (χ4n) is 2.11. The van der Waals surface area contributed by atoms with Gasteiger partial charge in [-0.25, -0.2) is 4.79 Å². The maximum Gasteiger partial charge on any atom is 0.344 e. The highest BCUT2D eigenvalue weighted by atomic mass is 16.6. The molecule has 2 aromatic rings. The monoisotopic (exact) mass is 327 g/mol. The fraction of sp³-hybridized carbons (Fsp3) is 0.263. The molecule has 0 aromatic heterocycles. The number of carbonyl (C=O) groups excluding carboxylic acids is 2. The maximum atomic E-state index is 11.9. The van der Waals surface area contributed by atoms with E-state index in [9.17, 15) is 9.59 Å². The Hall–Kier alpha value is -2.82. The molecule has 5 nitrogen and oxygen atoms in total. The quantitative estimate of drug-likeness (QED) is 0.828. The van der Waals surface area contributed by atoms with E-state index in [2.05, 4.69) is 5.32 Å². The zero-order chi connectivity index (χ0) is 17.5. The number of nitrogens with one attached hydrogen (secondary N) is 1. The van der Waals surface area contributed by atoms with Crippen molar-refractivity contribution in [2.24, 2.45) is 0 Å². The summed E-state index contributed by atoms with van der Waals surface area (Å²) in [4.78, 5) is 23.5. The van der Waals surface area contributed by atoms with Crippen molar-refractivity contribution >= 4 is 17.6 Å². The van der Waals surface area contributed by atoms with E-state index in [4.69, 9.17) is 9.47 Å². The molecule has 2 aromatic carbocycles. The Balaban J connectivity index is 1.77. The average Bonchev–Trinajstić information content (AvgIpc) is 2.55. The molecule has 0 spiro atoms. The van der Waals surface area contributed by atoms with Gasteiger partial charge in [0.1, 0.15) is 5.75 Å². The second-order valence-corrected chi connectivity index (χ2v) is 5.56. The number of benzene rings is 2. The molecule has 2 rings (SSSR count). The van der Waals surface area contributed by atoms with Gasteiger partial charge in [-0.15, -0.1) is 0 Å². The van der Waals surface area contributed by atoms with Crippen molar-refractivity contribution < 1.29 is 19.1 Å². The highest BCUT2D eigenvalue weighted by Crippen LogP contribution is 2.17. The van der Waals surface area contributed by atoms with Crippen molar-refractivity contribution in [3.8, 4) is 5.75 Å². The number of aryl methyl sites for hydroxylation is 2. The van der Waals surface area contributed by atoms with Gasteiger partial charge in [0.15, 0.2) is 13.2 Å². The molecule has 0 heterocycles. The van der Waals surface area contributed by atoms with Crippen LogP contribution >= 0.6 is 0 Å². The normalized spacial score (nSPS) is 10.1. The Bertz CT molecular complexity index is 740. The molecule has 126 valence electrons. The lowest BCUT2D eigenvalue weighted by atomic mass is 10.1. The van der Waals surface area contributed by atoms with E-state index >= 15 is 0 Å². The van der Waals surface area contributed by atoms with Crippen LogP contribution in [0.2, 0.25) is 0 Å². The van der Waals surface area contributed by atoms with Gasteiger partial charge in [-0.2, -0.15) is 0 Å². The first kappa shape index (κ1) is 17.5. The number of hydrogen-bond acceptors (Lipinski definition) is 4. The van der Waals surface area contributed by atoms with Crippen LogP contribution in [0, 0.1) is 20.8 Å². The minimum Gasteiger partial charge on any atom is -0.482 e. The molecule has 0 bridgehead atoms. The van der Waals surface area contributed by atoms with Crippen LogP contribution in [0.3, 0.4) is 0 Å². The molecule has 1 amide bonds. The van der Waals surface area contributed by atoms with Gasteiger partial charge in [-0.3, -0.25) is 4.79 Å². The third-order valence-corrected chi connectivity index (χ3v) is 3.59. The molecule has 24 heavy (non-hydrogen) atoms. The van der Waals surface area contributed by atoms with Crippen LogP contribution in [0.15, 0.2) is 42.5 Å². The molecule has 0 atom stereocenters. The molecule has 0 saturated carbocycles. The summed E-state index contributed by atoms with van der Waals surface area (Å²) in [5.41, 5.74) is 3.82. The molecule has 5 heteroatoms. The first-order valence-corrected chi connectivity index (χ1v) is 7.67. The SMILES string of the molecule is Cc1cccc(OCC(=O)OCC(=O)Nc2cccc(C)c2C)c1. The number of anilines is 1. The zero-order valence-electron chi connectivity index (χ0n) is 14.1. The van der Waals surface area contributed by atoms with Gasteiger partial charge in [0, 0.05) is 5.69 Å². The van der Waals surface area contributed by atoms with Crippen molar-refractivity contribution in [1.82, 2.24) is 0 Å². The number of hydrogen-bond donors (Lipinski definition) is 1. The standard InChI is InChI=1S/C19H21NO4/c1-13-6-4-8-16(10-13)23-12-19(22)24-11-18(21)20-17-9-5-7-14(2)15(17)3/h4-10H,11-12H2,1-3H3,(H,20,21). The second-order valence-electron chi connectivity index (χ2n) is 5.56. The van der Waals surface area contributed by atoms with Crippen LogP contribution in [0.25, 0.3) is 0 Å². The summed E-state index contributed by atoms with van der Waals surface area (Å²) in [6.45, 7) is 5.24. The largest absolute Gasteiger partial charge is 0.482 e. The summed E-state index contributed by atoms with van der Waals surface area (Å²) in [6, 6.07) is 13.0. The molecule has 0 radical (unpaired) electrons. The highest BCUT2D eigenvalue weighted by Gasteiger charge is 2.10. The van der Waals surface area contributed by atoms with Crippen LogP contribution < -0.4 is 10.1 Å². The van der Waals surface area contributed by atoms with Crippen molar-refractivity contribution in [3.05, 3.63) is 59.2 Å². The van der Waals surface area contributed by atoms with E-state index in [0.29, 0.717) is 11.4 Å². The molecule has 0 aliphatic heterocycles. The predicted molar refractivity (Wildman–Crippen MR) is 92.2 cm³/mol. The molecule has 0 fully saturated rings. The number of amides is 1. The van der Waals surface area contributed by atoms with E-state index in [-0.39, 0.29) is 19.1 Å². The summed E-state index contributed by atoms with van der Waals surface area (Å²) in [5, 5.41) is 2.73. The Morgan fingerprint density at radius 1 is 1.00 bits per heavy atom. The molecule has 1 N–H and O–H groups in total. The van der Waals surface area contributed by atoms with Gasteiger partial charge in [0.2, 0.25) is 0 Å². The Morgan fingerprint density at radius 2 is 1.75 bits per heavy atom. The smallest absolute Gasteiger partial charge is 0.344 e. The lowest BCUT2D eigenvalue weighted by Gasteiger charge is -2.11. The van der Waals surface area contributed by atoms with Crippen LogP contribution in [0.1, 0.15) is 16.7 Å². The van der Waals surface area contributed by atoms with Gasteiger partial charge in [-0.05, 0) is 55.7 Å². The van der Waals surface area contributed by atoms with Crippen molar-refractivity contribution in [2.45, 2.75) is 20.8 Å². The van der Waals surface area contributed by atoms with Gasteiger partial charge in [0.25, 0.3) is 5.91 Å². The van der Waals surface area contributed by atoms with E-state index in [1.54, 1.807) is 6.07 Å². The van der Waals surface area contributed by atoms with Crippen molar-refractivity contribution in [1.29, 1.82) is 0 Å². The van der Waals surface area contributed by atoms with Gasteiger partial charge in [-0.1, -0.05) is 24.3 Å². The summed E-state index contributed by atoms with van der Waals surface area (Å²) in [5.74, 6) is -0.382. The first-order valence-electron chi connectivity index (χ1n) is 7.67. The van der Waals surface area contributed by atoms with E-state index < -0.39 is 5.97 Å². The van der Waals surface area contributed by atoms with Crippen molar-refractivity contribution in [3.63, 3.8) is 0 Å². The van der Waals surface area contributed by atoms with E-state index in [1.807, 2.05) is 57.2 Å². The third-order valence-electron chi connectivity index (χ3n) is 3.59. The Kier molecular flexibility index (Phi) is 5.95. The molecule has 0 unspecified atom stereocenters. The fourth-order valence-corrected chi connectivity index (χ4v) is 2.11. The predicted octanol–water partition coefficient (Wildman–Crippen LogP) is 3.17. The number of esters is 1. The lowest BCUT2D eigenvalue weighted by molar-refractivity contribution is -0.149. The van der Waals surface area contributed by atoms with Gasteiger partial charge < -0.3 is 14.8 Å². The van der Waals surface area contributed by atoms with Gasteiger partial charge in [0.05, 0.1) is 0 Å². The summed E-state index contributed by atoms with van der Waals surface area (Å²) in [7, 11) is 0.